The monoisotopic (exact) mass is 238 g/mol. The van der Waals surface area contributed by atoms with E-state index in [0.29, 0.717) is 0 Å². The van der Waals surface area contributed by atoms with Crippen molar-refractivity contribution >= 4 is 11.8 Å². The third kappa shape index (κ3) is 11.1. The fraction of sp³-hybridized carbons (Fsp3) is 0.400. The summed E-state index contributed by atoms with van der Waals surface area (Å²) in [5, 5.41) is 6.21. The molecule has 0 saturated heterocycles. The van der Waals surface area contributed by atoms with Gasteiger partial charge in [-0.15, -0.1) is 0 Å². The number of alkyl halides is 6. The first kappa shape index (κ1) is 13.1. The molecular weight excluding hydrogens is 234 g/mol. The Kier molecular flexibility index (Phi) is 4.81. The molecule has 9 heteroatoms. The maximum atomic E-state index is 10.8. The molecular formula is C5H4F6N2S. The summed E-state index contributed by atoms with van der Waals surface area (Å²) in [6.45, 7) is 0. The second kappa shape index (κ2) is 5.13. The summed E-state index contributed by atoms with van der Waals surface area (Å²) in [5.74, 6) is 0. The maximum Gasteiger partial charge on any atom is 0.450 e. The molecule has 14 heavy (non-hydrogen) atoms. The van der Waals surface area contributed by atoms with Crippen molar-refractivity contribution in [1.82, 2.24) is 10.2 Å². The molecule has 0 aromatic carbocycles. The third-order valence-corrected chi connectivity index (χ3v) is 1.10. The van der Waals surface area contributed by atoms with Crippen LogP contribution in [0.5, 0.6) is 0 Å². The van der Waals surface area contributed by atoms with Crippen LogP contribution in [0.1, 0.15) is 0 Å². The van der Waals surface area contributed by atoms with Gasteiger partial charge in [0.25, 0.3) is 0 Å². The highest BCUT2D eigenvalue weighted by atomic mass is 32.2. The van der Waals surface area contributed by atoms with E-state index in [9.17, 15) is 26.3 Å². The van der Waals surface area contributed by atoms with Crippen LogP contribution in [0.15, 0.2) is 18.5 Å². The number of H-pyrrole nitrogens is 1. The SMILES string of the molecule is FC(F)(F)SC(F)(F)F.c1cn[nH]c1. The van der Waals surface area contributed by atoms with Crippen molar-refractivity contribution in [1.29, 1.82) is 0 Å². The van der Waals surface area contributed by atoms with Gasteiger partial charge in [0.2, 0.25) is 0 Å². The van der Waals surface area contributed by atoms with Crippen molar-refractivity contribution in [3.8, 4) is 0 Å². The number of rotatable bonds is 0. The topological polar surface area (TPSA) is 28.7 Å². The van der Waals surface area contributed by atoms with Crippen molar-refractivity contribution in [3.63, 3.8) is 0 Å². The Morgan fingerprint density at radius 1 is 1.00 bits per heavy atom. The number of nitrogens with one attached hydrogen (secondary N) is 1. The van der Waals surface area contributed by atoms with Crippen LogP contribution in [0.3, 0.4) is 0 Å². The molecule has 1 heterocycles. The van der Waals surface area contributed by atoms with E-state index in [1.165, 1.54) is 0 Å². The van der Waals surface area contributed by atoms with Crippen molar-refractivity contribution in [3.05, 3.63) is 18.5 Å². The zero-order valence-electron chi connectivity index (χ0n) is 6.36. The molecule has 1 rings (SSSR count). The minimum absolute atomic E-state index is 1.69. The van der Waals surface area contributed by atoms with Crippen molar-refractivity contribution in [2.24, 2.45) is 0 Å². The third-order valence-electron chi connectivity index (χ3n) is 0.637. The summed E-state index contributed by atoms with van der Waals surface area (Å²) in [6.07, 6.45) is 3.46. The second-order valence-corrected chi connectivity index (χ2v) is 2.89. The number of nitrogens with zero attached hydrogens (tertiary/aromatic N) is 1. The Balaban J connectivity index is 0.000000280. The first-order valence-electron chi connectivity index (χ1n) is 2.98. The fourth-order valence-electron chi connectivity index (χ4n) is 0.346. The number of hydrogen-bond donors (Lipinski definition) is 1. The molecule has 1 N–H and O–H groups in total. The van der Waals surface area contributed by atoms with E-state index < -0.39 is 22.8 Å². The predicted molar refractivity (Wildman–Crippen MR) is 38.3 cm³/mol. The summed E-state index contributed by atoms with van der Waals surface area (Å²) < 4.78 is 64.8. The van der Waals surface area contributed by atoms with E-state index in [-0.39, 0.29) is 0 Å². The number of hydrogen-bond acceptors (Lipinski definition) is 2. The lowest BCUT2D eigenvalue weighted by Gasteiger charge is -2.06. The summed E-state index contributed by atoms with van der Waals surface area (Å²) in [6, 6.07) is 1.83. The molecule has 0 saturated carbocycles. The Morgan fingerprint density at radius 2 is 1.50 bits per heavy atom. The Morgan fingerprint density at radius 3 is 1.57 bits per heavy atom. The van der Waals surface area contributed by atoms with Gasteiger partial charge in [-0.2, -0.15) is 31.4 Å². The van der Waals surface area contributed by atoms with Gasteiger partial charge in [-0.05, 0) is 6.07 Å². The van der Waals surface area contributed by atoms with E-state index in [2.05, 4.69) is 10.2 Å². The van der Waals surface area contributed by atoms with E-state index in [0.717, 1.165) is 0 Å². The molecule has 82 valence electrons. The van der Waals surface area contributed by atoms with E-state index in [4.69, 9.17) is 0 Å². The molecule has 0 fully saturated rings. The molecule has 0 radical (unpaired) electrons. The lowest BCUT2D eigenvalue weighted by atomic mass is 10.8. The zero-order chi connectivity index (χ0) is 11.2. The van der Waals surface area contributed by atoms with Gasteiger partial charge >= 0.3 is 11.0 Å². The standard InChI is InChI=1S/C3H4N2.C2F6S/c1-2-4-5-3-1;3-1(4,5)9-2(6,7)8/h1-3H,(H,4,5);. The lowest BCUT2D eigenvalue weighted by Crippen LogP contribution is -2.11. The lowest BCUT2D eigenvalue weighted by molar-refractivity contribution is -0.0696. The van der Waals surface area contributed by atoms with E-state index in [1.54, 1.807) is 12.4 Å². The molecule has 2 nitrogen and oxygen atoms in total. The van der Waals surface area contributed by atoms with Crippen LogP contribution < -0.4 is 0 Å². The van der Waals surface area contributed by atoms with Gasteiger partial charge in [0.05, 0.1) is 11.8 Å². The molecule has 0 aliphatic heterocycles. The summed E-state index contributed by atoms with van der Waals surface area (Å²) >= 11 is -1.99. The van der Waals surface area contributed by atoms with E-state index in [1.807, 2.05) is 6.07 Å². The van der Waals surface area contributed by atoms with Crippen LogP contribution >= 0.6 is 11.8 Å². The number of thioether (sulfide) groups is 1. The van der Waals surface area contributed by atoms with Gasteiger partial charge in [-0.1, -0.05) is 0 Å². The highest BCUT2D eigenvalue weighted by molar-refractivity contribution is 8.00. The van der Waals surface area contributed by atoms with Crippen molar-refractivity contribution in [2.45, 2.75) is 11.0 Å². The van der Waals surface area contributed by atoms with Gasteiger partial charge < -0.3 is 0 Å². The van der Waals surface area contributed by atoms with Crippen LogP contribution in [0.25, 0.3) is 0 Å². The highest BCUT2D eigenvalue weighted by Crippen LogP contribution is 2.43. The quantitative estimate of drug-likeness (QED) is 0.703. The van der Waals surface area contributed by atoms with Gasteiger partial charge in [-0.25, -0.2) is 0 Å². The molecule has 0 bridgehead atoms. The van der Waals surface area contributed by atoms with Crippen LogP contribution in [0, 0.1) is 0 Å². The molecule has 1 aromatic rings. The van der Waals surface area contributed by atoms with Gasteiger partial charge in [-0.3, -0.25) is 5.10 Å². The molecule has 0 amide bonds. The molecule has 1 aromatic heterocycles. The largest absolute Gasteiger partial charge is 0.450 e. The molecule has 0 aliphatic rings. The van der Waals surface area contributed by atoms with Gasteiger partial charge in [0.15, 0.2) is 0 Å². The Hall–Kier alpha value is -0.860. The normalized spacial score (nSPS) is 11.9. The van der Waals surface area contributed by atoms with Gasteiger partial charge in [0, 0.05) is 12.4 Å². The molecule has 0 atom stereocenters. The Labute approximate surface area is 78.7 Å². The van der Waals surface area contributed by atoms with Crippen LogP contribution in [-0.2, 0) is 0 Å². The fourth-order valence-corrected chi connectivity index (χ4v) is 0.609. The number of aromatic amines is 1. The van der Waals surface area contributed by atoms with Crippen LogP contribution in [0.2, 0.25) is 0 Å². The highest BCUT2D eigenvalue weighted by Gasteiger charge is 2.45. The molecule has 0 aliphatic carbocycles. The first-order valence-corrected chi connectivity index (χ1v) is 3.80. The summed E-state index contributed by atoms with van der Waals surface area (Å²) in [7, 11) is 0. The smallest absolute Gasteiger partial charge is 0.286 e. The average molecular weight is 238 g/mol. The second-order valence-electron chi connectivity index (χ2n) is 1.76. The minimum Gasteiger partial charge on any atom is -0.286 e. The first-order chi connectivity index (χ1) is 6.21. The minimum atomic E-state index is -5.22. The van der Waals surface area contributed by atoms with E-state index >= 15 is 0 Å². The summed E-state index contributed by atoms with van der Waals surface area (Å²) in [4.78, 5) is 0. The Bertz CT molecular complexity index is 198. The zero-order valence-corrected chi connectivity index (χ0v) is 7.17. The molecule has 0 unspecified atom stereocenters. The van der Waals surface area contributed by atoms with Crippen LogP contribution in [0.4, 0.5) is 26.3 Å². The number of halogens is 6. The summed E-state index contributed by atoms with van der Waals surface area (Å²) in [5.41, 5.74) is -10.4. The van der Waals surface area contributed by atoms with Crippen molar-refractivity contribution < 1.29 is 26.3 Å². The predicted octanol–water partition coefficient (Wildman–Crippen LogP) is 3.17. The van der Waals surface area contributed by atoms with Gasteiger partial charge in [0.1, 0.15) is 0 Å². The average Bonchev–Trinajstić information content (AvgIpc) is 2.29. The van der Waals surface area contributed by atoms with Crippen molar-refractivity contribution in [2.75, 3.05) is 0 Å². The molecule has 0 spiro atoms. The number of aromatic nitrogens is 2. The maximum absolute atomic E-state index is 10.8. The van der Waals surface area contributed by atoms with Crippen LogP contribution in [-0.4, -0.2) is 21.2 Å².